The standard InChI is InChI=1S/C18H24N2O/c1-2-20(17-11-7-4-8-12-17)14-13-18(21,15-19)16-9-5-3-6-10-16/h3-12,21H,2,13-15,19H2,1H3. The van der Waals surface area contributed by atoms with E-state index < -0.39 is 5.60 Å². The van der Waals surface area contributed by atoms with Crippen molar-refractivity contribution in [1.82, 2.24) is 0 Å². The molecule has 3 nitrogen and oxygen atoms in total. The van der Waals surface area contributed by atoms with Gasteiger partial charge in [-0.05, 0) is 31.0 Å². The molecule has 0 radical (unpaired) electrons. The summed E-state index contributed by atoms with van der Waals surface area (Å²) in [6.45, 7) is 4.02. The number of aliphatic hydroxyl groups is 1. The maximum atomic E-state index is 10.8. The molecule has 112 valence electrons. The number of hydrogen-bond acceptors (Lipinski definition) is 3. The van der Waals surface area contributed by atoms with E-state index in [1.807, 2.05) is 48.5 Å². The average molecular weight is 284 g/mol. The summed E-state index contributed by atoms with van der Waals surface area (Å²) < 4.78 is 0. The molecular formula is C18H24N2O. The van der Waals surface area contributed by atoms with E-state index in [0.29, 0.717) is 6.42 Å². The fourth-order valence-corrected chi connectivity index (χ4v) is 2.54. The van der Waals surface area contributed by atoms with Crippen LogP contribution in [0.25, 0.3) is 0 Å². The Morgan fingerprint density at radius 1 is 1.00 bits per heavy atom. The van der Waals surface area contributed by atoms with Gasteiger partial charge in [0.1, 0.15) is 5.60 Å². The maximum absolute atomic E-state index is 10.8. The Bertz CT molecular complexity index is 529. The summed E-state index contributed by atoms with van der Waals surface area (Å²) >= 11 is 0. The first-order chi connectivity index (χ1) is 10.2. The molecule has 0 aromatic heterocycles. The first kappa shape index (κ1) is 15.5. The van der Waals surface area contributed by atoms with Gasteiger partial charge in [-0.2, -0.15) is 0 Å². The van der Waals surface area contributed by atoms with E-state index in [0.717, 1.165) is 18.7 Å². The molecule has 0 spiro atoms. The van der Waals surface area contributed by atoms with Gasteiger partial charge in [-0.1, -0.05) is 48.5 Å². The number of nitrogens with two attached hydrogens (primary N) is 1. The third-order valence-electron chi connectivity index (χ3n) is 3.95. The topological polar surface area (TPSA) is 49.5 Å². The molecule has 2 aromatic rings. The van der Waals surface area contributed by atoms with Gasteiger partial charge in [0.25, 0.3) is 0 Å². The fraction of sp³-hybridized carbons (Fsp3) is 0.333. The molecule has 0 saturated heterocycles. The van der Waals surface area contributed by atoms with Crippen molar-refractivity contribution in [1.29, 1.82) is 0 Å². The molecule has 1 unspecified atom stereocenters. The fourth-order valence-electron chi connectivity index (χ4n) is 2.54. The third-order valence-corrected chi connectivity index (χ3v) is 3.95. The zero-order valence-electron chi connectivity index (χ0n) is 12.6. The molecule has 2 rings (SSSR count). The van der Waals surface area contributed by atoms with Crippen LogP contribution in [0.2, 0.25) is 0 Å². The normalized spacial score (nSPS) is 13.7. The zero-order chi connectivity index (χ0) is 15.1. The molecule has 0 amide bonds. The molecule has 0 heterocycles. The molecule has 21 heavy (non-hydrogen) atoms. The lowest BCUT2D eigenvalue weighted by Gasteiger charge is -2.31. The summed E-state index contributed by atoms with van der Waals surface area (Å²) in [4.78, 5) is 2.25. The molecular weight excluding hydrogens is 260 g/mol. The predicted molar refractivity (Wildman–Crippen MR) is 88.3 cm³/mol. The Hall–Kier alpha value is -1.84. The number of hydrogen-bond donors (Lipinski definition) is 2. The Kier molecular flexibility index (Phi) is 5.37. The van der Waals surface area contributed by atoms with Crippen LogP contribution in [-0.2, 0) is 5.60 Å². The van der Waals surface area contributed by atoms with Crippen molar-refractivity contribution in [3.63, 3.8) is 0 Å². The lowest BCUT2D eigenvalue weighted by molar-refractivity contribution is 0.0388. The van der Waals surface area contributed by atoms with E-state index in [1.54, 1.807) is 0 Å². The molecule has 0 fully saturated rings. The van der Waals surface area contributed by atoms with Crippen molar-refractivity contribution in [2.24, 2.45) is 5.73 Å². The van der Waals surface area contributed by atoms with E-state index in [2.05, 4.69) is 24.0 Å². The minimum absolute atomic E-state index is 0.226. The Balaban J connectivity index is 2.09. The van der Waals surface area contributed by atoms with Gasteiger partial charge in [-0.15, -0.1) is 0 Å². The van der Waals surface area contributed by atoms with Gasteiger partial charge in [0.05, 0.1) is 0 Å². The third kappa shape index (κ3) is 3.84. The smallest absolute Gasteiger partial charge is 0.103 e. The number of rotatable bonds is 7. The predicted octanol–water partition coefficient (Wildman–Crippen LogP) is 2.75. The Morgan fingerprint density at radius 3 is 2.10 bits per heavy atom. The van der Waals surface area contributed by atoms with Crippen LogP contribution in [0.4, 0.5) is 5.69 Å². The van der Waals surface area contributed by atoms with Gasteiger partial charge in [0.2, 0.25) is 0 Å². The molecule has 0 aliphatic heterocycles. The number of para-hydroxylation sites is 1. The van der Waals surface area contributed by atoms with Crippen molar-refractivity contribution in [3.05, 3.63) is 66.2 Å². The molecule has 3 heteroatoms. The minimum atomic E-state index is -0.969. The van der Waals surface area contributed by atoms with Gasteiger partial charge in [-0.3, -0.25) is 0 Å². The highest BCUT2D eigenvalue weighted by molar-refractivity contribution is 5.45. The van der Waals surface area contributed by atoms with Crippen LogP contribution in [0.3, 0.4) is 0 Å². The van der Waals surface area contributed by atoms with Crippen molar-refractivity contribution in [2.75, 3.05) is 24.5 Å². The van der Waals surface area contributed by atoms with Crippen molar-refractivity contribution < 1.29 is 5.11 Å². The van der Waals surface area contributed by atoms with E-state index in [9.17, 15) is 5.11 Å². The monoisotopic (exact) mass is 284 g/mol. The van der Waals surface area contributed by atoms with E-state index in [4.69, 9.17) is 5.73 Å². The van der Waals surface area contributed by atoms with Crippen LogP contribution in [0.15, 0.2) is 60.7 Å². The summed E-state index contributed by atoms with van der Waals surface area (Å²) in [6.07, 6.45) is 0.607. The zero-order valence-corrected chi connectivity index (χ0v) is 12.6. The summed E-state index contributed by atoms with van der Waals surface area (Å²) in [6, 6.07) is 19.9. The van der Waals surface area contributed by atoms with Crippen molar-refractivity contribution >= 4 is 5.69 Å². The van der Waals surface area contributed by atoms with Gasteiger partial charge in [0, 0.05) is 25.3 Å². The molecule has 0 saturated carbocycles. The lowest BCUT2D eigenvalue weighted by Crippen LogP contribution is -2.39. The maximum Gasteiger partial charge on any atom is 0.103 e. The molecule has 1 atom stereocenters. The van der Waals surface area contributed by atoms with Crippen LogP contribution >= 0.6 is 0 Å². The quantitative estimate of drug-likeness (QED) is 0.822. The van der Waals surface area contributed by atoms with Gasteiger partial charge in [0.15, 0.2) is 0 Å². The summed E-state index contributed by atoms with van der Waals surface area (Å²) in [7, 11) is 0. The van der Waals surface area contributed by atoms with Crippen LogP contribution in [0.5, 0.6) is 0 Å². The van der Waals surface area contributed by atoms with Gasteiger partial charge >= 0.3 is 0 Å². The average Bonchev–Trinajstić information content (AvgIpc) is 2.57. The Labute approximate surface area is 127 Å². The van der Waals surface area contributed by atoms with E-state index in [1.165, 1.54) is 5.69 Å². The second-order valence-electron chi connectivity index (χ2n) is 5.27. The highest BCUT2D eigenvalue weighted by atomic mass is 16.3. The second-order valence-corrected chi connectivity index (χ2v) is 5.27. The van der Waals surface area contributed by atoms with Crippen molar-refractivity contribution in [2.45, 2.75) is 18.9 Å². The summed E-state index contributed by atoms with van der Waals surface area (Å²) in [5.41, 5.74) is 6.93. The van der Waals surface area contributed by atoms with Crippen LogP contribution in [0, 0.1) is 0 Å². The summed E-state index contributed by atoms with van der Waals surface area (Å²) in [5.74, 6) is 0. The molecule has 3 N–H and O–H groups in total. The summed E-state index contributed by atoms with van der Waals surface area (Å²) in [5, 5.41) is 10.8. The van der Waals surface area contributed by atoms with Crippen molar-refractivity contribution in [3.8, 4) is 0 Å². The van der Waals surface area contributed by atoms with E-state index >= 15 is 0 Å². The SMILES string of the molecule is CCN(CCC(O)(CN)c1ccccc1)c1ccccc1. The molecule has 0 aliphatic rings. The van der Waals surface area contributed by atoms with Crippen LogP contribution in [-0.4, -0.2) is 24.7 Å². The second kappa shape index (κ2) is 7.25. The number of anilines is 1. The molecule has 0 bridgehead atoms. The first-order valence-electron chi connectivity index (χ1n) is 7.47. The molecule has 2 aromatic carbocycles. The van der Waals surface area contributed by atoms with Gasteiger partial charge in [-0.25, -0.2) is 0 Å². The number of nitrogens with zero attached hydrogens (tertiary/aromatic N) is 1. The number of benzene rings is 2. The molecule has 0 aliphatic carbocycles. The van der Waals surface area contributed by atoms with Crippen LogP contribution in [0.1, 0.15) is 18.9 Å². The minimum Gasteiger partial charge on any atom is -0.384 e. The van der Waals surface area contributed by atoms with Crippen LogP contribution < -0.4 is 10.6 Å². The first-order valence-corrected chi connectivity index (χ1v) is 7.47. The highest BCUT2D eigenvalue weighted by Crippen LogP contribution is 2.25. The highest BCUT2D eigenvalue weighted by Gasteiger charge is 2.27. The van der Waals surface area contributed by atoms with E-state index in [-0.39, 0.29) is 6.54 Å². The largest absolute Gasteiger partial charge is 0.384 e. The lowest BCUT2D eigenvalue weighted by atomic mass is 9.90. The Morgan fingerprint density at radius 2 is 1.57 bits per heavy atom. The van der Waals surface area contributed by atoms with Gasteiger partial charge < -0.3 is 15.7 Å².